The van der Waals surface area contributed by atoms with Crippen LogP contribution < -0.4 is 25.1 Å². The minimum atomic E-state index is -4.45. The maximum Gasteiger partial charge on any atom is 0.405 e. The van der Waals surface area contributed by atoms with Crippen molar-refractivity contribution in [2.75, 3.05) is 32.2 Å². The van der Waals surface area contributed by atoms with Gasteiger partial charge < -0.3 is 19.5 Å². The number of hydrogen-bond acceptors (Lipinski definition) is 7. The lowest BCUT2D eigenvalue weighted by Gasteiger charge is -2.19. The molecule has 35 heavy (non-hydrogen) atoms. The molecule has 5 rings (SSSR count). The number of pyridine rings is 1. The number of aromatic nitrogens is 3. The van der Waals surface area contributed by atoms with E-state index in [2.05, 4.69) is 15.3 Å². The molecule has 0 saturated heterocycles. The molecule has 2 aromatic carbocycles. The lowest BCUT2D eigenvalue weighted by molar-refractivity contribution is -0.115. The number of halogens is 3. The van der Waals surface area contributed by atoms with E-state index in [0.29, 0.717) is 47.1 Å². The second-order valence-corrected chi connectivity index (χ2v) is 7.70. The number of rotatable bonds is 5. The second kappa shape index (κ2) is 8.82. The van der Waals surface area contributed by atoms with Gasteiger partial charge in [-0.25, -0.2) is 9.97 Å². The average molecular weight is 484 g/mol. The van der Waals surface area contributed by atoms with E-state index in [4.69, 9.17) is 14.2 Å². The van der Waals surface area contributed by atoms with Crippen LogP contribution in [0.4, 0.5) is 19.1 Å². The van der Waals surface area contributed by atoms with Gasteiger partial charge in [0.1, 0.15) is 25.5 Å². The van der Waals surface area contributed by atoms with Gasteiger partial charge in [-0.2, -0.15) is 13.2 Å². The molecule has 3 heterocycles. The zero-order valence-electron chi connectivity index (χ0n) is 18.4. The summed E-state index contributed by atoms with van der Waals surface area (Å²) < 4.78 is 55.9. The quantitative estimate of drug-likeness (QED) is 0.454. The van der Waals surface area contributed by atoms with Gasteiger partial charge in [0.05, 0.1) is 23.9 Å². The number of methoxy groups -OCH3 is 1. The summed E-state index contributed by atoms with van der Waals surface area (Å²) in [5, 5.41) is 2.63. The van der Waals surface area contributed by atoms with Crippen LogP contribution in [0.2, 0.25) is 0 Å². The van der Waals surface area contributed by atoms with E-state index in [-0.39, 0.29) is 17.0 Å². The monoisotopic (exact) mass is 484 g/mol. The minimum absolute atomic E-state index is 0.206. The predicted octanol–water partition coefficient (Wildman–Crippen LogP) is 4.20. The Labute approximate surface area is 196 Å². The van der Waals surface area contributed by atoms with Crippen LogP contribution in [0.15, 0.2) is 59.7 Å². The first-order chi connectivity index (χ1) is 16.8. The predicted molar refractivity (Wildman–Crippen MR) is 123 cm³/mol. The van der Waals surface area contributed by atoms with Crippen LogP contribution in [0.3, 0.4) is 0 Å². The molecule has 0 saturated carbocycles. The molecule has 8 nitrogen and oxygen atoms in total. The second-order valence-electron chi connectivity index (χ2n) is 7.70. The van der Waals surface area contributed by atoms with Gasteiger partial charge in [0.25, 0.3) is 5.56 Å². The molecule has 0 radical (unpaired) electrons. The number of nitrogens with zero attached hydrogens (tertiary/aromatic N) is 3. The van der Waals surface area contributed by atoms with Crippen molar-refractivity contribution in [3.05, 3.63) is 65.2 Å². The van der Waals surface area contributed by atoms with Crippen LogP contribution in [0.1, 0.15) is 0 Å². The van der Waals surface area contributed by atoms with Crippen LogP contribution in [0, 0.1) is 0 Å². The fraction of sp³-hybridized carbons (Fsp3) is 0.208. The maximum absolute atomic E-state index is 13.7. The lowest BCUT2D eigenvalue weighted by Crippen LogP contribution is -2.23. The fourth-order valence-corrected chi connectivity index (χ4v) is 3.76. The Bertz CT molecular complexity index is 1450. The van der Waals surface area contributed by atoms with Crippen molar-refractivity contribution in [2.24, 2.45) is 0 Å². The number of alkyl halides is 3. The first-order valence-corrected chi connectivity index (χ1v) is 10.6. The Morgan fingerprint density at radius 3 is 2.54 bits per heavy atom. The lowest BCUT2D eigenvalue weighted by atomic mass is 10.0. The summed E-state index contributed by atoms with van der Waals surface area (Å²) in [4.78, 5) is 22.0. The molecule has 0 bridgehead atoms. The zero-order chi connectivity index (χ0) is 24.6. The molecule has 11 heteroatoms. The Hall–Kier alpha value is -4.28. The summed E-state index contributed by atoms with van der Waals surface area (Å²) in [7, 11) is 1.52. The van der Waals surface area contributed by atoms with Gasteiger partial charge in [-0.05, 0) is 29.8 Å². The summed E-state index contributed by atoms with van der Waals surface area (Å²) in [6.45, 7) is -0.474. The molecule has 0 unspecified atom stereocenters. The third kappa shape index (κ3) is 4.57. The number of hydrogen-bond donors (Lipinski definition) is 1. The van der Waals surface area contributed by atoms with Crippen molar-refractivity contribution in [3.8, 4) is 34.1 Å². The van der Waals surface area contributed by atoms with E-state index in [1.54, 1.807) is 48.7 Å². The summed E-state index contributed by atoms with van der Waals surface area (Å²) in [5.74, 6) is 1.44. The third-order valence-corrected chi connectivity index (χ3v) is 5.38. The van der Waals surface area contributed by atoms with E-state index < -0.39 is 18.3 Å². The highest BCUT2D eigenvalue weighted by atomic mass is 19.4. The van der Waals surface area contributed by atoms with Gasteiger partial charge in [-0.3, -0.25) is 9.36 Å². The van der Waals surface area contributed by atoms with E-state index in [0.717, 1.165) is 0 Å². The number of benzene rings is 2. The minimum Gasteiger partial charge on any atom is -0.497 e. The molecule has 4 aromatic rings. The number of nitrogens with one attached hydrogen (secondary N) is 1. The van der Waals surface area contributed by atoms with Gasteiger partial charge in [0.15, 0.2) is 11.5 Å². The molecule has 1 aliphatic rings. The van der Waals surface area contributed by atoms with Gasteiger partial charge >= 0.3 is 6.18 Å². The first kappa shape index (κ1) is 22.5. The van der Waals surface area contributed by atoms with E-state index in [9.17, 15) is 18.0 Å². The van der Waals surface area contributed by atoms with Crippen LogP contribution in [-0.4, -0.2) is 47.6 Å². The van der Waals surface area contributed by atoms with Gasteiger partial charge in [-0.15, -0.1) is 0 Å². The topological polar surface area (TPSA) is 87.5 Å². The van der Waals surface area contributed by atoms with Crippen molar-refractivity contribution in [1.29, 1.82) is 0 Å². The Balaban J connectivity index is 1.69. The maximum atomic E-state index is 13.7. The van der Waals surface area contributed by atoms with Crippen LogP contribution in [-0.2, 0) is 0 Å². The van der Waals surface area contributed by atoms with Crippen molar-refractivity contribution in [3.63, 3.8) is 0 Å². The van der Waals surface area contributed by atoms with Crippen LogP contribution in [0.25, 0.3) is 27.7 Å². The van der Waals surface area contributed by atoms with Gasteiger partial charge in [0.2, 0.25) is 5.95 Å². The highest BCUT2D eigenvalue weighted by Crippen LogP contribution is 2.33. The standard InChI is InChI=1S/C24H19F3N4O4/c1-33-17-5-2-14(3-6-17)20-21-15(11-28-23(30-21)29-13-24(25,26)27)12-31(22(20)32)16-4-7-18-19(10-16)35-9-8-34-18/h2-7,10-12H,8-9,13H2,1H3,(H,29,30). The number of ether oxygens (including phenoxy) is 3. The largest absolute Gasteiger partial charge is 0.497 e. The molecule has 2 aromatic heterocycles. The summed E-state index contributed by atoms with van der Waals surface area (Å²) in [6.07, 6.45) is -1.52. The molecule has 0 aliphatic carbocycles. The molecule has 180 valence electrons. The fourth-order valence-electron chi connectivity index (χ4n) is 3.76. The van der Waals surface area contributed by atoms with Gasteiger partial charge in [0, 0.05) is 23.8 Å². The smallest absolute Gasteiger partial charge is 0.405 e. The Morgan fingerprint density at radius 2 is 1.83 bits per heavy atom. The number of fused-ring (bicyclic) bond motifs is 2. The normalized spacial score (nSPS) is 13.0. The SMILES string of the molecule is COc1ccc(-c2c(=O)n(-c3ccc4c(c3)OCCO4)cc3cnc(NCC(F)(F)F)nc23)cc1. The Kier molecular flexibility index (Phi) is 5.67. The van der Waals surface area contributed by atoms with E-state index in [1.165, 1.54) is 17.9 Å². The third-order valence-electron chi connectivity index (χ3n) is 5.38. The molecule has 0 fully saturated rings. The van der Waals surface area contributed by atoms with Crippen molar-refractivity contribution in [1.82, 2.24) is 14.5 Å². The summed E-state index contributed by atoms with van der Waals surface area (Å²) >= 11 is 0. The molecular weight excluding hydrogens is 465 g/mol. The van der Waals surface area contributed by atoms with Crippen LogP contribution in [0.5, 0.6) is 17.2 Å². The molecule has 1 aliphatic heterocycles. The van der Waals surface area contributed by atoms with Gasteiger partial charge in [-0.1, -0.05) is 12.1 Å². The van der Waals surface area contributed by atoms with E-state index >= 15 is 0 Å². The Morgan fingerprint density at radius 1 is 1.09 bits per heavy atom. The van der Waals surface area contributed by atoms with Crippen molar-refractivity contribution >= 4 is 16.9 Å². The number of anilines is 1. The zero-order valence-corrected chi connectivity index (χ0v) is 18.4. The highest BCUT2D eigenvalue weighted by molar-refractivity contribution is 5.93. The van der Waals surface area contributed by atoms with Crippen molar-refractivity contribution in [2.45, 2.75) is 6.18 Å². The molecular formula is C24H19F3N4O4. The molecule has 0 atom stereocenters. The van der Waals surface area contributed by atoms with Crippen LogP contribution >= 0.6 is 0 Å². The molecule has 0 amide bonds. The van der Waals surface area contributed by atoms with Crippen molar-refractivity contribution < 1.29 is 27.4 Å². The molecule has 0 spiro atoms. The summed E-state index contributed by atoms with van der Waals surface area (Å²) in [5.41, 5.74) is 1.05. The average Bonchev–Trinajstić information content (AvgIpc) is 2.86. The summed E-state index contributed by atoms with van der Waals surface area (Å²) in [6, 6.07) is 11.9. The van der Waals surface area contributed by atoms with E-state index in [1.807, 2.05) is 0 Å². The highest BCUT2D eigenvalue weighted by Gasteiger charge is 2.27. The molecule has 1 N–H and O–H groups in total. The first-order valence-electron chi connectivity index (χ1n) is 10.6.